The van der Waals surface area contributed by atoms with Crippen molar-refractivity contribution in [3.05, 3.63) is 57.4 Å². The summed E-state index contributed by atoms with van der Waals surface area (Å²) in [6.45, 7) is 6.28. The largest absolute Gasteiger partial charge is 0.308 e. The van der Waals surface area contributed by atoms with Gasteiger partial charge in [-0.15, -0.1) is 0 Å². The molecule has 3 rings (SSSR count). The molecule has 0 aliphatic carbocycles. The molecular weight excluding hydrogens is 300 g/mol. The molecule has 0 fully saturated rings. The minimum atomic E-state index is -0.195. The minimum Gasteiger partial charge on any atom is -0.308 e. The highest BCUT2D eigenvalue weighted by molar-refractivity contribution is 6.28. The third-order valence-electron chi connectivity index (χ3n) is 3.65. The lowest BCUT2D eigenvalue weighted by Gasteiger charge is -2.12. The summed E-state index contributed by atoms with van der Waals surface area (Å²) in [7, 11) is 0. The van der Waals surface area contributed by atoms with Crippen molar-refractivity contribution in [2.45, 2.75) is 33.4 Å². The summed E-state index contributed by atoms with van der Waals surface area (Å²) in [5.74, 6) is 0.751. The van der Waals surface area contributed by atoms with Crippen LogP contribution in [0.4, 0.5) is 0 Å². The monoisotopic (exact) mass is 316 g/mol. The number of aromatic nitrogens is 4. The summed E-state index contributed by atoms with van der Waals surface area (Å²) >= 11 is 6.20. The lowest BCUT2D eigenvalue weighted by Crippen LogP contribution is -2.24. The van der Waals surface area contributed by atoms with Gasteiger partial charge in [0.25, 0.3) is 5.56 Å². The second-order valence-electron chi connectivity index (χ2n) is 5.55. The molecule has 0 N–H and O–H groups in total. The average molecular weight is 317 g/mol. The fourth-order valence-corrected chi connectivity index (χ4v) is 2.90. The van der Waals surface area contributed by atoms with Crippen LogP contribution in [0.25, 0.3) is 11.2 Å². The second kappa shape index (κ2) is 5.57. The summed E-state index contributed by atoms with van der Waals surface area (Å²) in [5.41, 5.74) is 1.83. The maximum absolute atomic E-state index is 12.6. The summed E-state index contributed by atoms with van der Waals surface area (Å²) < 4.78 is 3.38. The first-order valence-electron chi connectivity index (χ1n) is 7.18. The third-order valence-corrected chi connectivity index (χ3v) is 3.92. The van der Waals surface area contributed by atoms with Crippen molar-refractivity contribution in [2.75, 3.05) is 0 Å². The van der Waals surface area contributed by atoms with Crippen molar-refractivity contribution < 1.29 is 0 Å². The molecule has 0 radical (unpaired) electrons. The second-order valence-corrected chi connectivity index (χ2v) is 5.89. The molecule has 0 saturated heterocycles. The van der Waals surface area contributed by atoms with Gasteiger partial charge in [0.15, 0.2) is 11.2 Å². The van der Waals surface area contributed by atoms with Gasteiger partial charge in [-0.25, -0.2) is 4.98 Å². The highest BCUT2D eigenvalue weighted by atomic mass is 35.5. The summed E-state index contributed by atoms with van der Waals surface area (Å²) in [6, 6.07) is 9.94. The quantitative estimate of drug-likeness (QED) is 0.697. The van der Waals surface area contributed by atoms with Gasteiger partial charge in [0, 0.05) is 6.04 Å². The zero-order valence-corrected chi connectivity index (χ0v) is 13.5. The molecule has 6 heteroatoms. The van der Waals surface area contributed by atoms with Crippen LogP contribution in [0.15, 0.2) is 35.1 Å². The molecule has 0 amide bonds. The highest BCUT2D eigenvalue weighted by Gasteiger charge is 2.18. The number of rotatable bonds is 3. The molecule has 2 heterocycles. The molecule has 3 aromatic rings. The fourth-order valence-electron chi connectivity index (χ4n) is 2.55. The minimum absolute atomic E-state index is 0.0588. The number of halogens is 1. The van der Waals surface area contributed by atoms with Crippen molar-refractivity contribution in [2.24, 2.45) is 0 Å². The SMILES string of the molecule is Cc1nc2c(=O)n(C(C)C)c(Cl)nc2n1Cc1ccccc1. The molecule has 0 bridgehead atoms. The van der Waals surface area contributed by atoms with Gasteiger partial charge in [-0.05, 0) is 37.9 Å². The van der Waals surface area contributed by atoms with Gasteiger partial charge >= 0.3 is 0 Å². The molecule has 0 unspecified atom stereocenters. The Morgan fingerprint density at radius 1 is 1.18 bits per heavy atom. The van der Waals surface area contributed by atoms with Crippen molar-refractivity contribution in [3.8, 4) is 0 Å². The Morgan fingerprint density at radius 3 is 2.50 bits per heavy atom. The van der Waals surface area contributed by atoms with E-state index in [9.17, 15) is 4.79 Å². The van der Waals surface area contributed by atoms with Gasteiger partial charge in [-0.1, -0.05) is 30.3 Å². The third kappa shape index (κ3) is 2.41. The molecule has 1 aromatic carbocycles. The van der Waals surface area contributed by atoms with Gasteiger partial charge in [-0.3, -0.25) is 9.36 Å². The number of hydrogen-bond acceptors (Lipinski definition) is 3. The molecule has 22 heavy (non-hydrogen) atoms. The van der Waals surface area contributed by atoms with Crippen LogP contribution in [0.5, 0.6) is 0 Å². The van der Waals surface area contributed by atoms with E-state index in [4.69, 9.17) is 11.6 Å². The lowest BCUT2D eigenvalue weighted by atomic mass is 10.2. The first kappa shape index (κ1) is 14.8. The number of hydrogen-bond donors (Lipinski definition) is 0. The first-order valence-corrected chi connectivity index (χ1v) is 7.55. The van der Waals surface area contributed by atoms with Gasteiger partial charge < -0.3 is 4.57 Å². The first-order chi connectivity index (χ1) is 10.5. The van der Waals surface area contributed by atoms with E-state index in [-0.39, 0.29) is 16.9 Å². The molecule has 5 nitrogen and oxygen atoms in total. The average Bonchev–Trinajstić information content (AvgIpc) is 2.77. The van der Waals surface area contributed by atoms with Gasteiger partial charge in [0.1, 0.15) is 5.82 Å². The molecule has 0 aliphatic rings. The summed E-state index contributed by atoms with van der Waals surface area (Å²) in [6.07, 6.45) is 0. The summed E-state index contributed by atoms with van der Waals surface area (Å²) in [5, 5.41) is 0.196. The Balaban J connectivity index is 2.21. The topological polar surface area (TPSA) is 52.7 Å². The maximum atomic E-state index is 12.6. The van der Waals surface area contributed by atoms with Gasteiger partial charge in [-0.2, -0.15) is 4.98 Å². The number of aryl methyl sites for hydroxylation is 1. The molecule has 0 spiro atoms. The number of fused-ring (bicyclic) bond motifs is 1. The normalized spacial score (nSPS) is 11.5. The standard InChI is InChI=1S/C16H17ClN4O/c1-10(2)21-15(22)13-14(19-16(21)17)20(11(3)18-13)9-12-7-5-4-6-8-12/h4-8,10H,9H2,1-3H3. The summed E-state index contributed by atoms with van der Waals surface area (Å²) in [4.78, 5) is 21.4. The van der Waals surface area contributed by atoms with E-state index < -0.39 is 0 Å². The van der Waals surface area contributed by atoms with E-state index in [1.165, 1.54) is 4.57 Å². The van der Waals surface area contributed by atoms with Crippen molar-refractivity contribution in [1.82, 2.24) is 19.1 Å². The molecule has 0 saturated carbocycles. The van der Waals surface area contributed by atoms with Crippen molar-refractivity contribution in [1.29, 1.82) is 0 Å². The number of benzene rings is 1. The van der Waals surface area contributed by atoms with Crippen LogP contribution < -0.4 is 5.56 Å². The molecular formula is C16H17ClN4O. The van der Waals surface area contributed by atoms with Crippen LogP contribution in [-0.2, 0) is 6.54 Å². The predicted octanol–water partition coefficient (Wildman–Crippen LogP) is 3.18. The molecule has 0 aliphatic heterocycles. The zero-order valence-electron chi connectivity index (χ0n) is 12.7. The van der Waals surface area contributed by atoms with Crippen molar-refractivity contribution in [3.63, 3.8) is 0 Å². The Labute approximate surface area is 133 Å². The number of nitrogens with zero attached hydrogens (tertiary/aromatic N) is 4. The number of imidazole rings is 1. The Morgan fingerprint density at radius 2 is 1.86 bits per heavy atom. The van der Waals surface area contributed by atoms with E-state index in [0.717, 1.165) is 11.4 Å². The van der Waals surface area contributed by atoms with Crippen LogP contribution >= 0.6 is 11.6 Å². The molecule has 0 atom stereocenters. The predicted molar refractivity (Wildman–Crippen MR) is 87.5 cm³/mol. The van der Waals surface area contributed by atoms with Crippen molar-refractivity contribution >= 4 is 22.8 Å². The van der Waals surface area contributed by atoms with Gasteiger partial charge in [0.2, 0.25) is 5.28 Å². The highest BCUT2D eigenvalue weighted by Crippen LogP contribution is 2.18. The van der Waals surface area contributed by atoms with E-state index in [2.05, 4.69) is 9.97 Å². The fraction of sp³-hybridized carbons (Fsp3) is 0.312. The molecule has 2 aromatic heterocycles. The van der Waals surface area contributed by atoms with Crippen LogP contribution in [0, 0.1) is 6.92 Å². The lowest BCUT2D eigenvalue weighted by molar-refractivity contribution is 0.573. The Bertz CT molecular complexity index is 881. The van der Waals surface area contributed by atoms with E-state index in [1.54, 1.807) is 0 Å². The van der Waals surface area contributed by atoms with Crippen LogP contribution in [-0.4, -0.2) is 19.1 Å². The van der Waals surface area contributed by atoms with Crippen LogP contribution in [0.1, 0.15) is 31.3 Å². The van der Waals surface area contributed by atoms with Gasteiger partial charge in [0.05, 0.1) is 6.54 Å². The Hall–Kier alpha value is -2.14. The molecule has 114 valence electrons. The zero-order chi connectivity index (χ0) is 15.9. The van der Waals surface area contributed by atoms with Crippen LogP contribution in [0.2, 0.25) is 5.28 Å². The van der Waals surface area contributed by atoms with E-state index >= 15 is 0 Å². The van der Waals surface area contributed by atoms with Crippen LogP contribution in [0.3, 0.4) is 0 Å². The smallest absolute Gasteiger partial charge is 0.282 e. The van der Waals surface area contributed by atoms with E-state index in [0.29, 0.717) is 17.7 Å². The van der Waals surface area contributed by atoms with E-state index in [1.807, 2.05) is 55.7 Å². The maximum Gasteiger partial charge on any atom is 0.282 e. The Kier molecular flexibility index (Phi) is 3.74.